The van der Waals surface area contributed by atoms with Crippen LogP contribution in [0.5, 0.6) is 0 Å². The topological polar surface area (TPSA) is 62.6 Å². The number of carbonyl (C=O) groups is 2. The molecule has 3 rings (SSSR count). The first kappa shape index (κ1) is 16.3. The van der Waals surface area contributed by atoms with Gasteiger partial charge in [0.15, 0.2) is 0 Å². The highest BCUT2D eigenvalue weighted by Gasteiger charge is 2.33. The van der Waals surface area contributed by atoms with Crippen molar-refractivity contribution in [3.05, 3.63) is 59.5 Å². The molecule has 0 aliphatic carbocycles. The molecule has 5 nitrogen and oxygen atoms in total. The summed E-state index contributed by atoms with van der Waals surface area (Å²) in [4.78, 5) is 26.1. The van der Waals surface area contributed by atoms with Gasteiger partial charge in [0, 0.05) is 19.5 Å². The van der Waals surface area contributed by atoms with Gasteiger partial charge >= 0.3 is 0 Å². The van der Waals surface area contributed by atoms with Gasteiger partial charge in [0.05, 0.1) is 18.7 Å². The molecule has 5 heteroatoms. The number of likely N-dealkylation sites (tertiary alicyclic amines) is 1. The highest BCUT2D eigenvalue weighted by atomic mass is 16.3. The first-order valence-electron chi connectivity index (χ1n) is 8.25. The fourth-order valence-corrected chi connectivity index (χ4v) is 2.91. The predicted molar refractivity (Wildman–Crippen MR) is 90.1 cm³/mol. The van der Waals surface area contributed by atoms with Gasteiger partial charge in [0.25, 0.3) is 0 Å². The maximum atomic E-state index is 12.2. The molecule has 0 bridgehead atoms. The van der Waals surface area contributed by atoms with Crippen molar-refractivity contribution in [2.75, 3.05) is 13.1 Å². The van der Waals surface area contributed by atoms with Crippen LogP contribution in [0, 0.1) is 12.8 Å². The number of hydrogen-bond acceptors (Lipinski definition) is 3. The smallest absolute Gasteiger partial charge is 0.225 e. The molecule has 1 fully saturated rings. The fraction of sp³-hybridized carbons (Fsp3) is 0.368. The number of carbonyl (C=O) groups excluding carboxylic acids is 2. The lowest BCUT2D eigenvalue weighted by molar-refractivity contribution is -0.129. The van der Waals surface area contributed by atoms with Crippen LogP contribution in [0.4, 0.5) is 0 Å². The minimum Gasteiger partial charge on any atom is -0.467 e. The van der Waals surface area contributed by atoms with Crippen LogP contribution in [0.1, 0.15) is 23.3 Å². The predicted octanol–water partition coefficient (Wildman–Crippen LogP) is 2.30. The monoisotopic (exact) mass is 326 g/mol. The van der Waals surface area contributed by atoms with Crippen molar-refractivity contribution < 1.29 is 14.0 Å². The molecule has 0 spiro atoms. The second kappa shape index (κ2) is 7.34. The van der Waals surface area contributed by atoms with Gasteiger partial charge in [0.2, 0.25) is 11.8 Å². The fourth-order valence-electron chi connectivity index (χ4n) is 2.91. The van der Waals surface area contributed by atoms with Crippen molar-refractivity contribution in [2.24, 2.45) is 5.92 Å². The molecule has 0 saturated carbocycles. The van der Waals surface area contributed by atoms with E-state index in [-0.39, 0.29) is 24.2 Å². The average molecular weight is 326 g/mol. The van der Waals surface area contributed by atoms with Gasteiger partial charge in [-0.1, -0.05) is 29.8 Å². The lowest BCUT2D eigenvalue weighted by Gasteiger charge is -2.16. The first-order chi connectivity index (χ1) is 11.6. The third kappa shape index (κ3) is 4.04. The first-order valence-corrected chi connectivity index (χ1v) is 8.25. The van der Waals surface area contributed by atoms with E-state index in [4.69, 9.17) is 4.42 Å². The number of aryl methyl sites for hydroxylation is 1. The molecule has 0 unspecified atom stereocenters. The van der Waals surface area contributed by atoms with Crippen LogP contribution in [0.25, 0.3) is 0 Å². The number of rotatable bonds is 6. The summed E-state index contributed by atoms with van der Waals surface area (Å²) < 4.78 is 5.19. The molecule has 2 aromatic rings. The van der Waals surface area contributed by atoms with Gasteiger partial charge in [-0.2, -0.15) is 0 Å². The van der Waals surface area contributed by atoms with E-state index >= 15 is 0 Å². The van der Waals surface area contributed by atoms with Crippen LogP contribution in [0.2, 0.25) is 0 Å². The number of amides is 2. The molecule has 1 N–H and O–H groups in total. The number of nitrogens with zero attached hydrogens (tertiary/aromatic N) is 1. The van der Waals surface area contributed by atoms with Gasteiger partial charge in [-0.05, 0) is 31.0 Å². The van der Waals surface area contributed by atoms with Crippen LogP contribution >= 0.6 is 0 Å². The molecular weight excluding hydrogens is 304 g/mol. The van der Waals surface area contributed by atoms with Crippen molar-refractivity contribution in [1.29, 1.82) is 0 Å². The van der Waals surface area contributed by atoms with Crippen molar-refractivity contribution in [1.82, 2.24) is 10.2 Å². The van der Waals surface area contributed by atoms with Crippen LogP contribution in [-0.4, -0.2) is 29.8 Å². The minimum atomic E-state index is -0.273. The van der Waals surface area contributed by atoms with Gasteiger partial charge in [0.1, 0.15) is 5.76 Å². The molecule has 1 atom stereocenters. The van der Waals surface area contributed by atoms with Crippen molar-refractivity contribution in [2.45, 2.75) is 26.3 Å². The summed E-state index contributed by atoms with van der Waals surface area (Å²) in [5.74, 6) is 0.409. The summed E-state index contributed by atoms with van der Waals surface area (Å²) in [6.07, 6.45) is 2.68. The molecule has 1 aromatic heterocycles. The van der Waals surface area contributed by atoms with Gasteiger partial charge < -0.3 is 14.6 Å². The summed E-state index contributed by atoms with van der Waals surface area (Å²) in [6.45, 7) is 3.57. The Morgan fingerprint density at radius 2 is 2.08 bits per heavy atom. The number of benzene rings is 1. The van der Waals surface area contributed by atoms with E-state index < -0.39 is 0 Å². The van der Waals surface area contributed by atoms with E-state index in [9.17, 15) is 9.59 Å². The van der Waals surface area contributed by atoms with Crippen molar-refractivity contribution in [3.8, 4) is 0 Å². The second-order valence-electron chi connectivity index (χ2n) is 6.27. The molecule has 126 valence electrons. The molecule has 2 amide bonds. The van der Waals surface area contributed by atoms with Crippen LogP contribution in [-0.2, 0) is 22.6 Å². The summed E-state index contributed by atoms with van der Waals surface area (Å²) in [6, 6.07) is 11.9. The third-order valence-electron chi connectivity index (χ3n) is 4.39. The molecule has 1 saturated heterocycles. The van der Waals surface area contributed by atoms with Crippen LogP contribution in [0.3, 0.4) is 0 Å². The van der Waals surface area contributed by atoms with E-state index in [0.29, 0.717) is 25.4 Å². The average Bonchev–Trinajstić information content (AvgIpc) is 3.22. The Morgan fingerprint density at radius 3 is 2.79 bits per heavy atom. The van der Waals surface area contributed by atoms with E-state index in [1.807, 2.05) is 6.07 Å². The van der Waals surface area contributed by atoms with E-state index in [1.165, 1.54) is 11.1 Å². The van der Waals surface area contributed by atoms with E-state index in [0.717, 1.165) is 6.42 Å². The molecule has 0 radical (unpaired) electrons. The zero-order valence-corrected chi connectivity index (χ0v) is 13.8. The highest BCUT2D eigenvalue weighted by Crippen LogP contribution is 2.19. The summed E-state index contributed by atoms with van der Waals surface area (Å²) in [5, 5.41) is 2.84. The Balaban J connectivity index is 1.47. The quantitative estimate of drug-likeness (QED) is 0.886. The standard InChI is InChI=1S/C19H22N2O3/c1-14-4-6-15(7-5-14)8-9-21-13-16(11-18(21)22)19(23)20-12-17-3-2-10-24-17/h2-7,10,16H,8-9,11-13H2,1H3,(H,20,23)/t16-/m1/s1. The summed E-state index contributed by atoms with van der Waals surface area (Å²) in [5.41, 5.74) is 2.43. The zero-order chi connectivity index (χ0) is 16.9. The SMILES string of the molecule is Cc1ccc(CCN2C[C@H](C(=O)NCc3ccco3)CC2=O)cc1. The van der Waals surface area contributed by atoms with Crippen LogP contribution < -0.4 is 5.32 Å². The molecule has 1 aliphatic rings. The zero-order valence-electron chi connectivity index (χ0n) is 13.8. The second-order valence-corrected chi connectivity index (χ2v) is 6.27. The Kier molecular flexibility index (Phi) is 4.99. The van der Waals surface area contributed by atoms with Gasteiger partial charge in [-0.15, -0.1) is 0 Å². The van der Waals surface area contributed by atoms with E-state index in [1.54, 1.807) is 17.2 Å². The largest absolute Gasteiger partial charge is 0.467 e. The molecule has 1 aromatic carbocycles. The number of furan rings is 1. The van der Waals surface area contributed by atoms with Crippen molar-refractivity contribution >= 4 is 11.8 Å². The Hall–Kier alpha value is -2.56. The summed E-state index contributed by atoms with van der Waals surface area (Å²) >= 11 is 0. The maximum absolute atomic E-state index is 12.2. The maximum Gasteiger partial charge on any atom is 0.225 e. The van der Waals surface area contributed by atoms with E-state index in [2.05, 4.69) is 36.5 Å². The molecule has 24 heavy (non-hydrogen) atoms. The van der Waals surface area contributed by atoms with Crippen molar-refractivity contribution in [3.63, 3.8) is 0 Å². The van der Waals surface area contributed by atoms with Crippen LogP contribution in [0.15, 0.2) is 47.1 Å². The molecule has 2 heterocycles. The third-order valence-corrected chi connectivity index (χ3v) is 4.39. The van der Waals surface area contributed by atoms with Gasteiger partial charge in [-0.3, -0.25) is 9.59 Å². The highest BCUT2D eigenvalue weighted by molar-refractivity contribution is 5.89. The summed E-state index contributed by atoms with van der Waals surface area (Å²) in [7, 11) is 0. The Labute approximate surface area is 141 Å². The number of nitrogens with one attached hydrogen (secondary N) is 1. The minimum absolute atomic E-state index is 0.0558. The molecule has 1 aliphatic heterocycles. The lowest BCUT2D eigenvalue weighted by atomic mass is 10.1. The normalized spacial score (nSPS) is 17.3. The Morgan fingerprint density at radius 1 is 1.29 bits per heavy atom. The number of hydrogen-bond donors (Lipinski definition) is 1. The van der Waals surface area contributed by atoms with Gasteiger partial charge in [-0.25, -0.2) is 0 Å². The molecular formula is C19H22N2O3. The lowest BCUT2D eigenvalue weighted by Crippen LogP contribution is -2.33. The Bertz CT molecular complexity index is 692.